The van der Waals surface area contributed by atoms with Crippen LogP contribution in [0.1, 0.15) is 19.3 Å². The molecule has 1 saturated carbocycles. The van der Waals surface area contributed by atoms with Gasteiger partial charge in [-0.3, -0.25) is 0 Å². The largest absolute Gasteiger partial charge is 0.394 e. The van der Waals surface area contributed by atoms with Gasteiger partial charge >= 0.3 is 0 Å². The lowest BCUT2D eigenvalue weighted by Crippen LogP contribution is -2.62. The highest BCUT2D eigenvalue weighted by Crippen LogP contribution is 2.35. The Morgan fingerprint density at radius 3 is 2.10 bits per heavy atom. The summed E-state index contributed by atoms with van der Waals surface area (Å²) >= 11 is 0. The van der Waals surface area contributed by atoms with E-state index in [1.807, 2.05) is 0 Å². The molecule has 0 radical (unpaired) electrons. The topological polar surface area (TPSA) is 233 Å². The van der Waals surface area contributed by atoms with Crippen LogP contribution in [-0.2, 0) is 14.2 Å². The zero-order valence-corrected chi connectivity index (χ0v) is 16.8. The van der Waals surface area contributed by atoms with Crippen LogP contribution in [0, 0.1) is 5.92 Å². The van der Waals surface area contributed by atoms with E-state index in [0.29, 0.717) is 19.3 Å². The first-order valence-corrected chi connectivity index (χ1v) is 10.4. The standard InChI is InChI=1S/C18H36N4O8/c19-4-12-10(24)3-8(21)11(28-12)1-6-7(20)2-9(22)14(25)17(6)30-18-16(27)15(26)13(5-23)29-18/h6-18,23-27H,1-5,19-22H2/t6-,7+,8-,9-,10+,11-,12-,13-,14+,15-,16-,17+,18+/m1/s1. The van der Waals surface area contributed by atoms with Gasteiger partial charge in [-0.2, -0.15) is 0 Å². The van der Waals surface area contributed by atoms with E-state index in [-0.39, 0.29) is 6.54 Å². The fourth-order valence-electron chi connectivity index (χ4n) is 4.70. The number of aliphatic hydroxyl groups excluding tert-OH is 5. The lowest BCUT2D eigenvalue weighted by Gasteiger charge is -2.46. The summed E-state index contributed by atoms with van der Waals surface area (Å²) in [5, 5.41) is 50.2. The lowest BCUT2D eigenvalue weighted by molar-refractivity contribution is -0.237. The fourth-order valence-corrected chi connectivity index (χ4v) is 4.70. The maximum atomic E-state index is 10.7. The molecule has 0 aromatic rings. The van der Waals surface area contributed by atoms with Crippen molar-refractivity contribution in [1.82, 2.24) is 0 Å². The molecular formula is C18H36N4O8. The molecule has 2 saturated heterocycles. The Morgan fingerprint density at radius 2 is 1.50 bits per heavy atom. The van der Waals surface area contributed by atoms with Crippen LogP contribution < -0.4 is 22.9 Å². The summed E-state index contributed by atoms with van der Waals surface area (Å²) in [6.45, 7) is -0.363. The van der Waals surface area contributed by atoms with Gasteiger partial charge in [0.1, 0.15) is 18.3 Å². The number of hydrogen-bond acceptors (Lipinski definition) is 12. The molecule has 176 valence electrons. The maximum Gasteiger partial charge on any atom is 0.187 e. The summed E-state index contributed by atoms with van der Waals surface area (Å²) in [5.74, 6) is -0.453. The summed E-state index contributed by atoms with van der Waals surface area (Å²) in [6, 6.07) is -1.57. The zero-order chi connectivity index (χ0) is 22.2. The van der Waals surface area contributed by atoms with E-state index in [9.17, 15) is 25.5 Å². The molecule has 30 heavy (non-hydrogen) atoms. The summed E-state index contributed by atoms with van der Waals surface area (Å²) in [6.07, 6.45) is -7.86. The van der Waals surface area contributed by atoms with Gasteiger partial charge in [0.15, 0.2) is 6.29 Å². The summed E-state index contributed by atoms with van der Waals surface area (Å²) in [4.78, 5) is 0. The molecule has 13 atom stereocenters. The van der Waals surface area contributed by atoms with Crippen LogP contribution in [0.4, 0.5) is 0 Å². The molecule has 0 unspecified atom stereocenters. The van der Waals surface area contributed by atoms with Crippen molar-refractivity contribution in [1.29, 1.82) is 0 Å². The molecule has 2 aliphatic heterocycles. The van der Waals surface area contributed by atoms with Crippen LogP contribution in [-0.4, -0.2) is 112 Å². The Labute approximate surface area is 175 Å². The average molecular weight is 437 g/mol. The van der Waals surface area contributed by atoms with Crippen molar-refractivity contribution in [2.24, 2.45) is 28.9 Å². The number of hydrogen-bond donors (Lipinski definition) is 9. The van der Waals surface area contributed by atoms with E-state index in [1.54, 1.807) is 0 Å². The molecule has 0 aromatic heterocycles. The van der Waals surface area contributed by atoms with Gasteiger partial charge in [-0.05, 0) is 19.3 Å². The van der Waals surface area contributed by atoms with Crippen LogP contribution in [0.3, 0.4) is 0 Å². The van der Waals surface area contributed by atoms with Gasteiger partial charge in [0.2, 0.25) is 0 Å². The van der Waals surface area contributed by atoms with Gasteiger partial charge in [0, 0.05) is 30.6 Å². The van der Waals surface area contributed by atoms with Crippen molar-refractivity contribution in [3.05, 3.63) is 0 Å². The van der Waals surface area contributed by atoms with Gasteiger partial charge in [-0.15, -0.1) is 0 Å². The third-order valence-electron chi connectivity index (χ3n) is 6.59. The average Bonchev–Trinajstić information content (AvgIpc) is 2.98. The minimum Gasteiger partial charge on any atom is -0.394 e. The number of aliphatic hydroxyl groups is 5. The molecular weight excluding hydrogens is 400 g/mol. The Morgan fingerprint density at radius 1 is 0.800 bits per heavy atom. The van der Waals surface area contributed by atoms with Crippen molar-refractivity contribution >= 4 is 0 Å². The first-order valence-electron chi connectivity index (χ1n) is 10.4. The van der Waals surface area contributed by atoms with E-state index in [2.05, 4.69) is 0 Å². The van der Waals surface area contributed by atoms with Crippen molar-refractivity contribution in [3.63, 3.8) is 0 Å². The van der Waals surface area contributed by atoms with Crippen LogP contribution in [0.25, 0.3) is 0 Å². The first-order chi connectivity index (χ1) is 14.2. The molecule has 3 rings (SSSR count). The normalized spacial score (nSPS) is 52.5. The second kappa shape index (κ2) is 9.98. The minimum absolute atomic E-state index is 0.136. The highest BCUT2D eigenvalue weighted by molar-refractivity contribution is 5.01. The molecule has 12 heteroatoms. The van der Waals surface area contributed by atoms with Gasteiger partial charge in [0.05, 0.1) is 37.1 Å². The van der Waals surface area contributed by atoms with E-state index in [4.69, 9.17) is 37.1 Å². The Bertz CT molecular complexity index is 562. The van der Waals surface area contributed by atoms with Gasteiger partial charge < -0.3 is 62.7 Å². The van der Waals surface area contributed by atoms with E-state index >= 15 is 0 Å². The molecule has 1 aliphatic carbocycles. The van der Waals surface area contributed by atoms with Crippen LogP contribution in [0.15, 0.2) is 0 Å². The lowest BCUT2D eigenvalue weighted by atomic mass is 9.74. The predicted octanol–water partition coefficient (Wildman–Crippen LogP) is -4.96. The van der Waals surface area contributed by atoms with Crippen molar-refractivity contribution < 1.29 is 39.7 Å². The Hall–Kier alpha value is -0.480. The molecule has 3 aliphatic rings. The molecule has 3 fully saturated rings. The Kier molecular flexibility index (Phi) is 8.04. The molecule has 0 bridgehead atoms. The van der Waals surface area contributed by atoms with E-state index in [1.165, 1.54) is 0 Å². The second-order valence-corrected chi connectivity index (χ2v) is 8.68. The van der Waals surface area contributed by atoms with E-state index in [0.717, 1.165) is 0 Å². The maximum absolute atomic E-state index is 10.7. The second-order valence-electron chi connectivity index (χ2n) is 8.68. The molecule has 0 aromatic carbocycles. The van der Waals surface area contributed by atoms with Crippen LogP contribution in [0.5, 0.6) is 0 Å². The van der Waals surface area contributed by atoms with Crippen molar-refractivity contribution in [3.8, 4) is 0 Å². The molecule has 13 N–H and O–H groups in total. The fraction of sp³-hybridized carbons (Fsp3) is 1.00. The quantitative estimate of drug-likeness (QED) is 0.190. The van der Waals surface area contributed by atoms with Crippen molar-refractivity contribution in [2.75, 3.05) is 13.2 Å². The summed E-state index contributed by atoms with van der Waals surface area (Å²) < 4.78 is 17.1. The Balaban J connectivity index is 1.75. The first kappa shape index (κ1) is 24.2. The third kappa shape index (κ3) is 4.80. The smallest absolute Gasteiger partial charge is 0.187 e. The SMILES string of the molecule is NC[C@H]1O[C@H](C[C@H]2[C@H](O[C@@H]3O[C@H](CO)[C@@H](O)[C@H]3O)[C@@H](O)[C@H](N)C[C@@H]2N)[C@H](N)C[C@@H]1O. The van der Waals surface area contributed by atoms with Gasteiger partial charge in [-0.25, -0.2) is 0 Å². The molecule has 0 amide bonds. The summed E-state index contributed by atoms with van der Waals surface area (Å²) in [7, 11) is 0. The molecule has 0 spiro atoms. The number of nitrogens with two attached hydrogens (primary N) is 4. The highest BCUT2D eigenvalue weighted by atomic mass is 16.7. The summed E-state index contributed by atoms with van der Waals surface area (Å²) in [5.41, 5.74) is 24.2. The van der Waals surface area contributed by atoms with Gasteiger partial charge in [0.25, 0.3) is 0 Å². The monoisotopic (exact) mass is 436 g/mol. The highest BCUT2D eigenvalue weighted by Gasteiger charge is 2.50. The number of rotatable bonds is 6. The molecule has 2 heterocycles. The minimum atomic E-state index is -1.41. The molecule has 12 nitrogen and oxygen atoms in total. The zero-order valence-electron chi connectivity index (χ0n) is 16.8. The van der Waals surface area contributed by atoms with Crippen molar-refractivity contribution in [2.45, 2.75) is 92.5 Å². The van der Waals surface area contributed by atoms with Crippen LogP contribution >= 0.6 is 0 Å². The van der Waals surface area contributed by atoms with E-state index < -0.39 is 85.8 Å². The predicted molar refractivity (Wildman–Crippen MR) is 104 cm³/mol. The third-order valence-corrected chi connectivity index (χ3v) is 6.59. The van der Waals surface area contributed by atoms with Crippen LogP contribution in [0.2, 0.25) is 0 Å². The van der Waals surface area contributed by atoms with Gasteiger partial charge in [-0.1, -0.05) is 0 Å². The number of ether oxygens (including phenoxy) is 3.